The summed E-state index contributed by atoms with van der Waals surface area (Å²) in [5.74, 6) is 1.79. The summed E-state index contributed by atoms with van der Waals surface area (Å²) in [5.41, 5.74) is 2.91. The Morgan fingerprint density at radius 2 is 2.10 bits per heavy atom. The molecule has 0 atom stereocenters. The Hall–Kier alpha value is -2.56. The molecule has 0 radical (unpaired) electrons. The van der Waals surface area contributed by atoms with Crippen molar-refractivity contribution in [2.75, 3.05) is 13.3 Å². The highest BCUT2D eigenvalue weighted by Crippen LogP contribution is 2.36. The van der Waals surface area contributed by atoms with Gasteiger partial charge in [-0.05, 0) is 36.2 Å². The van der Waals surface area contributed by atoms with E-state index in [2.05, 4.69) is 4.99 Å². The fourth-order valence-electron chi connectivity index (χ4n) is 2.68. The molecule has 5 heteroatoms. The average Bonchev–Trinajstić information content (AvgIpc) is 3.16. The fraction of sp³-hybridized carbons (Fsp3) is 0.250. The van der Waals surface area contributed by atoms with Crippen molar-refractivity contribution in [3.8, 4) is 11.5 Å². The summed E-state index contributed by atoms with van der Waals surface area (Å²) in [6.45, 7) is 0.934. The maximum atomic E-state index is 12.2. The quantitative estimate of drug-likeness (QED) is 0.812. The molecule has 0 fully saturated rings. The number of carbonyl (C=O) groups excluding carboxylic acids is 1. The molecule has 21 heavy (non-hydrogen) atoms. The molecule has 4 rings (SSSR count). The van der Waals surface area contributed by atoms with Gasteiger partial charge in [-0.25, -0.2) is 0 Å². The van der Waals surface area contributed by atoms with Gasteiger partial charge in [-0.2, -0.15) is 0 Å². The molecule has 1 aromatic heterocycles. The van der Waals surface area contributed by atoms with E-state index in [-0.39, 0.29) is 19.0 Å². The molecule has 0 spiro atoms. The van der Waals surface area contributed by atoms with Crippen molar-refractivity contribution < 1.29 is 18.7 Å². The fourth-order valence-corrected chi connectivity index (χ4v) is 2.68. The van der Waals surface area contributed by atoms with Crippen molar-refractivity contribution >= 4 is 11.5 Å². The van der Waals surface area contributed by atoms with E-state index in [1.165, 1.54) is 6.26 Å². The summed E-state index contributed by atoms with van der Waals surface area (Å²) >= 11 is 0. The lowest BCUT2D eigenvalue weighted by atomic mass is 9.94. The van der Waals surface area contributed by atoms with Crippen molar-refractivity contribution in [3.63, 3.8) is 0 Å². The van der Waals surface area contributed by atoms with Gasteiger partial charge in [-0.15, -0.1) is 0 Å². The number of rotatable bonds is 3. The minimum absolute atomic E-state index is 0.0655. The van der Waals surface area contributed by atoms with Crippen molar-refractivity contribution in [2.24, 2.45) is 4.99 Å². The van der Waals surface area contributed by atoms with Crippen molar-refractivity contribution in [1.82, 2.24) is 0 Å². The number of fused-ring (bicyclic) bond motifs is 2. The zero-order chi connectivity index (χ0) is 14.2. The average molecular weight is 283 g/mol. The predicted octanol–water partition coefficient (Wildman–Crippen LogP) is 2.63. The molecule has 0 aliphatic carbocycles. The Morgan fingerprint density at radius 3 is 2.90 bits per heavy atom. The van der Waals surface area contributed by atoms with Crippen LogP contribution in [0.5, 0.6) is 11.5 Å². The highest BCUT2D eigenvalue weighted by molar-refractivity contribution is 6.16. The molecule has 0 saturated carbocycles. The third-order valence-corrected chi connectivity index (χ3v) is 3.72. The smallest absolute Gasteiger partial charge is 0.231 e. The second-order valence-electron chi connectivity index (χ2n) is 5.02. The standard InChI is InChI=1S/C16H13NO4/c18-13(14-2-1-5-19-14)8-12-11-7-16-15(20-9-21-16)6-10(11)3-4-17-12/h1-2,5-7H,3-4,8-9H2. The third kappa shape index (κ3) is 2.11. The van der Waals surface area contributed by atoms with E-state index in [0.29, 0.717) is 18.1 Å². The van der Waals surface area contributed by atoms with E-state index in [1.54, 1.807) is 12.1 Å². The number of ketones is 1. The predicted molar refractivity (Wildman–Crippen MR) is 75.3 cm³/mol. The van der Waals surface area contributed by atoms with Crippen molar-refractivity contribution in [2.45, 2.75) is 12.8 Å². The zero-order valence-corrected chi connectivity index (χ0v) is 11.3. The topological polar surface area (TPSA) is 61.0 Å². The lowest BCUT2D eigenvalue weighted by molar-refractivity contribution is 0.0974. The van der Waals surface area contributed by atoms with Gasteiger partial charge in [0.05, 0.1) is 18.4 Å². The molecule has 1 aromatic carbocycles. The van der Waals surface area contributed by atoms with Crippen LogP contribution in [0, 0.1) is 0 Å². The molecule has 106 valence electrons. The number of carbonyl (C=O) groups is 1. The first kappa shape index (κ1) is 12.2. The van der Waals surface area contributed by atoms with Crippen LogP contribution < -0.4 is 9.47 Å². The third-order valence-electron chi connectivity index (χ3n) is 3.72. The van der Waals surface area contributed by atoms with Gasteiger partial charge in [0, 0.05) is 12.1 Å². The van der Waals surface area contributed by atoms with Gasteiger partial charge in [-0.3, -0.25) is 9.79 Å². The summed E-state index contributed by atoms with van der Waals surface area (Å²) in [5, 5.41) is 0. The summed E-state index contributed by atoms with van der Waals surface area (Å²) in [6, 6.07) is 7.29. The van der Waals surface area contributed by atoms with Crippen LogP contribution >= 0.6 is 0 Å². The Labute approximate surface area is 121 Å². The van der Waals surface area contributed by atoms with Gasteiger partial charge in [0.25, 0.3) is 0 Å². The SMILES string of the molecule is O=C(CC1=NCCc2cc3c(cc21)OCO3)c1ccco1. The molecule has 5 nitrogen and oxygen atoms in total. The van der Waals surface area contributed by atoms with Gasteiger partial charge in [-0.1, -0.05) is 0 Å². The molecule has 0 saturated heterocycles. The van der Waals surface area contributed by atoms with E-state index in [9.17, 15) is 4.79 Å². The summed E-state index contributed by atoms with van der Waals surface area (Å²) in [7, 11) is 0. The second kappa shape index (κ2) is 4.77. The van der Waals surface area contributed by atoms with Crippen LogP contribution in [-0.4, -0.2) is 24.8 Å². The van der Waals surface area contributed by atoms with Gasteiger partial charge in [0.2, 0.25) is 12.6 Å². The van der Waals surface area contributed by atoms with Gasteiger partial charge >= 0.3 is 0 Å². The van der Waals surface area contributed by atoms with Crippen LogP contribution in [0.15, 0.2) is 39.9 Å². The number of Topliss-reactive ketones (excluding diaryl/α,β-unsaturated/α-hetero) is 1. The lowest BCUT2D eigenvalue weighted by Crippen LogP contribution is -2.16. The molecule has 3 heterocycles. The van der Waals surface area contributed by atoms with E-state index < -0.39 is 0 Å². The number of hydrogen-bond acceptors (Lipinski definition) is 5. The lowest BCUT2D eigenvalue weighted by Gasteiger charge is -2.17. The molecule has 2 aromatic rings. The number of hydrogen-bond donors (Lipinski definition) is 0. The zero-order valence-electron chi connectivity index (χ0n) is 11.3. The van der Waals surface area contributed by atoms with Crippen LogP contribution in [0.2, 0.25) is 0 Å². The van der Waals surface area contributed by atoms with Crippen LogP contribution in [0.25, 0.3) is 0 Å². The summed E-state index contributed by atoms with van der Waals surface area (Å²) in [6.07, 6.45) is 2.59. The molecule has 2 aliphatic heterocycles. The van der Waals surface area contributed by atoms with Crippen LogP contribution in [0.1, 0.15) is 28.1 Å². The van der Waals surface area contributed by atoms with E-state index >= 15 is 0 Å². The summed E-state index contributed by atoms with van der Waals surface area (Å²) in [4.78, 5) is 16.7. The first-order valence-corrected chi connectivity index (χ1v) is 6.84. The van der Waals surface area contributed by atoms with E-state index in [0.717, 1.165) is 29.0 Å². The highest BCUT2D eigenvalue weighted by Gasteiger charge is 2.23. The van der Waals surface area contributed by atoms with E-state index in [1.807, 2.05) is 12.1 Å². The first-order chi connectivity index (χ1) is 10.3. The van der Waals surface area contributed by atoms with E-state index in [4.69, 9.17) is 13.9 Å². The molecule has 2 aliphatic rings. The van der Waals surface area contributed by atoms with Crippen LogP contribution in [0.4, 0.5) is 0 Å². The van der Waals surface area contributed by atoms with Gasteiger partial charge in [0.15, 0.2) is 17.3 Å². The summed E-state index contributed by atoms with van der Waals surface area (Å²) < 4.78 is 16.0. The molecule has 0 unspecified atom stereocenters. The minimum Gasteiger partial charge on any atom is -0.461 e. The largest absolute Gasteiger partial charge is 0.461 e. The number of aliphatic imine (C=N–C) groups is 1. The Balaban J connectivity index is 1.66. The molecule has 0 amide bonds. The number of benzene rings is 1. The highest BCUT2D eigenvalue weighted by atomic mass is 16.7. The molecule has 0 N–H and O–H groups in total. The number of nitrogens with zero attached hydrogens (tertiary/aromatic N) is 1. The van der Waals surface area contributed by atoms with Gasteiger partial charge < -0.3 is 13.9 Å². The first-order valence-electron chi connectivity index (χ1n) is 6.84. The Kier molecular flexibility index (Phi) is 2.77. The Bertz CT molecular complexity index is 731. The maximum absolute atomic E-state index is 12.2. The Morgan fingerprint density at radius 1 is 1.24 bits per heavy atom. The van der Waals surface area contributed by atoms with Crippen molar-refractivity contribution in [1.29, 1.82) is 0 Å². The van der Waals surface area contributed by atoms with Crippen molar-refractivity contribution in [3.05, 3.63) is 47.4 Å². The molecular formula is C16H13NO4. The monoisotopic (exact) mass is 283 g/mol. The maximum Gasteiger partial charge on any atom is 0.231 e. The van der Waals surface area contributed by atoms with Crippen LogP contribution in [0.3, 0.4) is 0 Å². The second-order valence-corrected chi connectivity index (χ2v) is 5.02. The number of furan rings is 1. The number of ether oxygens (including phenoxy) is 2. The normalized spacial score (nSPS) is 15.5. The molecular weight excluding hydrogens is 270 g/mol. The van der Waals surface area contributed by atoms with Crippen LogP contribution in [-0.2, 0) is 6.42 Å². The molecule has 0 bridgehead atoms. The minimum atomic E-state index is -0.0655. The van der Waals surface area contributed by atoms with Gasteiger partial charge in [0.1, 0.15) is 0 Å².